The van der Waals surface area contributed by atoms with Crippen molar-refractivity contribution in [3.63, 3.8) is 0 Å². The Morgan fingerprint density at radius 1 is 1.43 bits per heavy atom. The Balaban J connectivity index is 1.87. The van der Waals surface area contributed by atoms with Gasteiger partial charge in [-0.25, -0.2) is 9.78 Å². The first kappa shape index (κ1) is 15.5. The largest absolute Gasteiger partial charge is 0.360 e. The van der Waals surface area contributed by atoms with Gasteiger partial charge in [-0.05, 0) is 12.1 Å². The number of amides is 2. The molecular weight excluding hydrogens is 312 g/mol. The van der Waals surface area contributed by atoms with E-state index in [0.717, 1.165) is 12.1 Å². The number of nitrogens with zero attached hydrogens (tertiary/aromatic N) is 4. The quantitative estimate of drug-likeness (QED) is 0.821. The summed E-state index contributed by atoms with van der Waals surface area (Å²) in [5, 5.41) is 15.3. The lowest BCUT2D eigenvalue weighted by atomic mass is 10.3. The van der Waals surface area contributed by atoms with Crippen molar-refractivity contribution in [1.29, 1.82) is 0 Å². The number of carbonyl (C=O) groups excluding carboxylic acids is 1. The number of nitrogens with one attached hydrogen (secondary N) is 2. The van der Waals surface area contributed by atoms with Crippen molar-refractivity contribution in [2.45, 2.75) is 6.42 Å². The van der Waals surface area contributed by atoms with Crippen molar-refractivity contribution < 1.29 is 4.79 Å². The van der Waals surface area contributed by atoms with Crippen molar-refractivity contribution in [2.24, 2.45) is 0 Å². The summed E-state index contributed by atoms with van der Waals surface area (Å²) in [6.07, 6.45) is 0.723. The number of anilines is 2. The summed E-state index contributed by atoms with van der Waals surface area (Å²) in [4.78, 5) is 17.1. The maximum absolute atomic E-state index is 11.5. The van der Waals surface area contributed by atoms with Crippen molar-refractivity contribution in [3.8, 4) is 0 Å². The lowest BCUT2D eigenvalue weighted by Crippen LogP contribution is -2.34. The number of carbonyl (C=O) groups is 1. The molecule has 2 amide bonds. The number of halogens is 1. The van der Waals surface area contributed by atoms with Crippen LogP contribution in [0.1, 0.15) is 5.69 Å². The number of hydrogen-bond donors (Lipinski definition) is 2. The van der Waals surface area contributed by atoms with Crippen LogP contribution in [0.4, 0.5) is 15.1 Å². The van der Waals surface area contributed by atoms with E-state index >= 15 is 0 Å². The summed E-state index contributed by atoms with van der Waals surface area (Å²) in [7, 11) is 3.20. The van der Waals surface area contributed by atoms with Gasteiger partial charge in [0.1, 0.15) is 5.15 Å². The summed E-state index contributed by atoms with van der Waals surface area (Å²) in [5.41, 5.74) is 0.905. The molecule has 112 valence electrons. The fourth-order valence-corrected chi connectivity index (χ4v) is 2.48. The zero-order valence-electron chi connectivity index (χ0n) is 11.6. The SMILES string of the molecule is CNC(=O)N(C)c1nnc(NCCc2cccc(Cl)n2)s1. The molecule has 0 bridgehead atoms. The van der Waals surface area contributed by atoms with Gasteiger partial charge >= 0.3 is 6.03 Å². The third-order valence-corrected chi connectivity index (χ3v) is 3.82. The van der Waals surface area contributed by atoms with Gasteiger partial charge in [-0.2, -0.15) is 0 Å². The van der Waals surface area contributed by atoms with Gasteiger partial charge in [-0.15, -0.1) is 10.2 Å². The molecule has 2 aromatic rings. The predicted octanol–water partition coefficient (Wildman–Crippen LogP) is 2.02. The molecule has 21 heavy (non-hydrogen) atoms. The molecular formula is C12H15ClN6OS. The molecule has 0 fully saturated rings. The average Bonchev–Trinajstić information content (AvgIpc) is 2.94. The average molecular weight is 327 g/mol. The van der Waals surface area contributed by atoms with Crippen LogP contribution < -0.4 is 15.5 Å². The van der Waals surface area contributed by atoms with Gasteiger partial charge in [0.2, 0.25) is 10.3 Å². The predicted molar refractivity (Wildman–Crippen MR) is 84.2 cm³/mol. The minimum atomic E-state index is -0.235. The summed E-state index contributed by atoms with van der Waals surface area (Å²) < 4.78 is 0. The number of urea groups is 1. The molecule has 2 rings (SSSR count). The van der Waals surface area contributed by atoms with E-state index in [1.807, 2.05) is 12.1 Å². The van der Waals surface area contributed by atoms with Crippen LogP contribution in [0.3, 0.4) is 0 Å². The highest BCUT2D eigenvalue weighted by Gasteiger charge is 2.13. The molecule has 0 atom stereocenters. The van der Waals surface area contributed by atoms with Gasteiger partial charge in [0.25, 0.3) is 0 Å². The lowest BCUT2D eigenvalue weighted by molar-refractivity contribution is 0.249. The van der Waals surface area contributed by atoms with Crippen molar-refractivity contribution in [1.82, 2.24) is 20.5 Å². The fourth-order valence-electron chi connectivity index (χ4n) is 1.56. The second kappa shape index (κ2) is 7.19. The Labute approximate surface area is 131 Å². The molecule has 2 aromatic heterocycles. The van der Waals surface area contributed by atoms with Gasteiger partial charge in [-0.3, -0.25) is 4.90 Å². The van der Waals surface area contributed by atoms with Crippen LogP contribution in [-0.4, -0.2) is 41.9 Å². The number of aromatic nitrogens is 3. The van der Waals surface area contributed by atoms with E-state index in [1.54, 1.807) is 20.2 Å². The van der Waals surface area contributed by atoms with E-state index in [0.29, 0.717) is 22.0 Å². The van der Waals surface area contributed by atoms with Gasteiger partial charge in [0, 0.05) is 32.8 Å². The number of pyridine rings is 1. The molecule has 9 heteroatoms. The molecule has 0 aliphatic rings. The number of rotatable bonds is 5. The zero-order chi connectivity index (χ0) is 15.2. The molecule has 0 unspecified atom stereocenters. The highest BCUT2D eigenvalue weighted by Crippen LogP contribution is 2.22. The minimum Gasteiger partial charge on any atom is -0.360 e. The molecule has 0 saturated heterocycles. The molecule has 0 spiro atoms. The Kier molecular flexibility index (Phi) is 5.29. The highest BCUT2D eigenvalue weighted by molar-refractivity contribution is 7.19. The van der Waals surface area contributed by atoms with Gasteiger partial charge < -0.3 is 10.6 Å². The summed E-state index contributed by atoms with van der Waals surface area (Å²) >= 11 is 7.14. The van der Waals surface area contributed by atoms with Gasteiger partial charge in [-0.1, -0.05) is 29.0 Å². The Morgan fingerprint density at radius 2 is 2.24 bits per heavy atom. The molecule has 2 N–H and O–H groups in total. The number of hydrogen-bond acceptors (Lipinski definition) is 6. The second-order valence-corrected chi connectivity index (χ2v) is 5.48. The molecule has 0 radical (unpaired) electrons. The van der Waals surface area contributed by atoms with Crippen molar-refractivity contribution in [3.05, 3.63) is 29.0 Å². The van der Waals surface area contributed by atoms with E-state index in [2.05, 4.69) is 25.8 Å². The minimum absolute atomic E-state index is 0.235. The molecule has 0 aromatic carbocycles. The molecule has 0 aliphatic heterocycles. The molecule has 7 nitrogen and oxygen atoms in total. The van der Waals surface area contributed by atoms with Crippen LogP contribution >= 0.6 is 22.9 Å². The molecule has 0 saturated carbocycles. The Morgan fingerprint density at radius 3 is 2.95 bits per heavy atom. The summed E-state index contributed by atoms with van der Waals surface area (Å²) in [6, 6.07) is 5.29. The van der Waals surface area contributed by atoms with Crippen LogP contribution in [0.25, 0.3) is 0 Å². The second-order valence-electron chi connectivity index (χ2n) is 4.13. The first-order valence-corrected chi connectivity index (χ1v) is 7.44. The van der Waals surface area contributed by atoms with Crippen LogP contribution in [0, 0.1) is 0 Å². The van der Waals surface area contributed by atoms with E-state index < -0.39 is 0 Å². The summed E-state index contributed by atoms with van der Waals surface area (Å²) in [5.74, 6) is 0. The highest BCUT2D eigenvalue weighted by atomic mass is 35.5. The van der Waals surface area contributed by atoms with Gasteiger partial charge in [0.05, 0.1) is 0 Å². The van der Waals surface area contributed by atoms with Crippen molar-refractivity contribution in [2.75, 3.05) is 30.9 Å². The molecule has 0 aliphatic carbocycles. The van der Waals surface area contributed by atoms with Crippen LogP contribution in [0.15, 0.2) is 18.2 Å². The Bertz CT molecular complexity index is 619. The van der Waals surface area contributed by atoms with Gasteiger partial charge in [0.15, 0.2) is 0 Å². The summed E-state index contributed by atoms with van der Waals surface area (Å²) in [6.45, 7) is 0.658. The first-order chi connectivity index (χ1) is 10.1. The van der Waals surface area contributed by atoms with E-state index in [9.17, 15) is 4.79 Å². The Hall–Kier alpha value is -1.93. The normalized spacial score (nSPS) is 10.2. The molecule has 2 heterocycles. The van der Waals surface area contributed by atoms with Crippen molar-refractivity contribution >= 4 is 39.2 Å². The smallest absolute Gasteiger partial charge is 0.323 e. The third kappa shape index (κ3) is 4.27. The van der Waals surface area contributed by atoms with Crippen LogP contribution in [0.5, 0.6) is 0 Å². The maximum atomic E-state index is 11.5. The van der Waals surface area contributed by atoms with Crippen LogP contribution in [0.2, 0.25) is 5.15 Å². The third-order valence-electron chi connectivity index (χ3n) is 2.65. The lowest BCUT2D eigenvalue weighted by Gasteiger charge is -2.11. The maximum Gasteiger partial charge on any atom is 0.323 e. The first-order valence-electron chi connectivity index (χ1n) is 6.24. The zero-order valence-corrected chi connectivity index (χ0v) is 13.2. The van der Waals surface area contributed by atoms with Crippen LogP contribution in [-0.2, 0) is 6.42 Å². The van der Waals surface area contributed by atoms with E-state index in [4.69, 9.17) is 11.6 Å². The van der Waals surface area contributed by atoms with E-state index in [-0.39, 0.29) is 6.03 Å². The standard InChI is InChI=1S/C12H15ClN6OS/c1-14-11(20)19(2)12-18-17-10(21-12)15-7-6-8-4-3-5-9(13)16-8/h3-5H,6-7H2,1-2H3,(H,14,20)(H,15,17). The monoisotopic (exact) mass is 326 g/mol. The topological polar surface area (TPSA) is 83.0 Å². The fraction of sp³-hybridized carbons (Fsp3) is 0.333. The van der Waals surface area contributed by atoms with E-state index in [1.165, 1.54) is 16.2 Å².